The van der Waals surface area contributed by atoms with E-state index in [0.29, 0.717) is 5.88 Å². The SMILES string of the molecule is Cc1cc(C)cc(Oc2ncnc3c2cnn3-c2ccccc2)c1. The van der Waals surface area contributed by atoms with E-state index in [-0.39, 0.29) is 0 Å². The summed E-state index contributed by atoms with van der Waals surface area (Å²) in [6.45, 7) is 4.09. The first-order valence-corrected chi connectivity index (χ1v) is 7.71. The van der Waals surface area contributed by atoms with Gasteiger partial charge in [-0.2, -0.15) is 5.10 Å². The van der Waals surface area contributed by atoms with Gasteiger partial charge >= 0.3 is 0 Å². The molecule has 0 spiro atoms. The monoisotopic (exact) mass is 316 g/mol. The highest BCUT2D eigenvalue weighted by Crippen LogP contribution is 2.28. The van der Waals surface area contributed by atoms with E-state index in [1.807, 2.05) is 56.3 Å². The average molecular weight is 316 g/mol. The first-order chi connectivity index (χ1) is 11.7. The summed E-state index contributed by atoms with van der Waals surface area (Å²) < 4.78 is 7.78. The summed E-state index contributed by atoms with van der Waals surface area (Å²) in [5, 5.41) is 5.22. The fourth-order valence-electron chi connectivity index (χ4n) is 2.77. The van der Waals surface area contributed by atoms with E-state index < -0.39 is 0 Å². The number of aromatic nitrogens is 4. The summed E-state index contributed by atoms with van der Waals surface area (Å²) in [5.41, 5.74) is 3.96. The van der Waals surface area contributed by atoms with Crippen LogP contribution in [0.2, 0.25) is 0 Å². The molecule has 0 amide bonds. The molecule has 0 radical (unpaired) electrons. The van der Waals surface area contributed by atoms with Gasteiger partial charge in [0, 0.05) is 0 Å². The molecule has 5 nitrogen and oxygen atoms in total. The molecule has 5 heteroatoms. The minimum Gasteiger partial charge on any atom is -0.438 e. The second kappa shape index (κ2) is 5.77. The van der Waals surface area contributed by atoms with Crippen molar-refractivity contribution >= 4 is 11.0 Å². The molecule has 0 aliphatic carbocycles. The number of rotatable bonds is 3. The zero-order valence-electron chi connectivity index (χ0n) is 13.5. The van der Waals surface area contributed by atoms with Crippen LogP contribution in [0.5, 0.6) is 11.6 Å². The molecule has 118 valence electrons. The number of hydrogen-bond acceptors (Lipinski definition) is 4. The van der Waals surface area contributed by atoms with Gasteiger partial charge in [0.2, 0.25) is 5.88 Å². The van der Waals surface area contributed by atoms with Crippen LogP contribution in [0, 0.1) is 13.8 Å². The zero-order chi connectivity index (χ0) is 16.5. The van der Waals surface area contributed by atoms with Crippen LogP contribution < -0.4 is 4.74 Å². The Kier molecular flexibility index (Phi) is 3.46. The van der Waals surface area contributed by atoms with Crippen molar-refractivity contribution in [3.8, 4) is 17.3 Å². The minimum absolute atomic E-state index is 0.507. The van der Waals surface area contributed by atoms with Crippen LogP contribution in [0.25, 0.3) is 16.7 Å². The fraction of sp³-hybridized carbons (Fsp3) is 0.105. The molecule has 2 aromatic carbocycles. The molecule has 2 heterocycles. The Bertz CT molecular complexity index is 988. The first kappa shape index (κ1) is 14.4. The molecule has 24 heavy (non-hydrogen) atoms. The molecule has 2 aromatic heterocycles. The minimum atomic E-state index is 0.507. The normalized spacial score (nSPS) is 10.9. The van der Waals surface area contributed by atoms with Crippen molar-refractivity contribution in [2.24, 2.45) is 0 Å². The van der Waals surface area contributed by atoms with Crippen LogP contribution in [-0.4, -0.2) is 19.7 Å². The van der Waals surface area contributed by atoms with Crippen LogP contribution in [0.3, 0.4) is 0 Å². The summed E-state index contributed by atoms with van der Waals surface area (Å²) in [6.07, 6.45) is 3.24. The first-order valence-electron chi connectivity index (χ1n) is 7.71. The Hall–Kier alpha value is -3.21. The van der Waals surface area contributed by atoms with E-state index in [4.69, 9.17) is 4.74 Å². The highest BCUT2D eigenvalue weighted by atomic mass is 16.5. The molecular formula is C19H16N4O. The largest absolute Gasteiger partial charge is 0.438 e. The zero-order valence-corrected chi connectivity index (χ0v) is 13.5. The average Bonchev–Trinajstić information content (AvgIpc) is 3.00. The van der Waals surface area contributed by atoms with E-state index in [0.717, 1.165) is 33.6 Å². The Morgan fingerprint density at radius 2 is 1.67 bits per heavy atom. The topological polar surface area (TPSA) is 52.8 Å². The predicted molar refractivity (Wildman–Crippen MR) is 92.7 cm³/mol. The van der Waals surface area contributed by atoms with E-state index in [2.05, 4.69) is 21.1 Å². The molecule has 0 fully saturated rings. The van der Waals surface area contributed by atoms with Gasteiger partial charge in [-0.05, 0) is 49.2 Å². The smallest absolute Gasteiger partial charge is 0.233 e. The number of hydrogen-bond donors (Lipinski definition) is 0. The third-order valence-corrected chi connectivity index (χ3v) is 3.74. The summed E-state index contributed by atoms with van der Waals surface area (Å²) in [4.78, 5) is 8.65. The van der Waals surface area contributed by atoms with Crippen molar-refractivity contribution in [3.05, 3.63) is 72.2 Å². The van der Waals surface area contributed by atoms with Crippen LogP contribution in [-0.2, 0) is 0 Å². The highest BCUT2D eigenvalue weighted by molar-refractivity contribution is 5.81. The molecule has 0 saturated carbocycles. The van der Waals surface area contributed by atoms with Crippen LogP contribution in [0.4, 0.5) is 0 Å². The van der Waals surface area contributed by atoms with Crippen molar-refractivity contribution in [1.29, 1.82) is 0 Å². The number of ether oxygens (including phenoxy) is 1. The van der Waals surface area contributed by atoms with Crippen molar-refractivity contribution < 1.29 is 4.74 Å². The lowest BCUT2D eigenvalue weighted by Crippen LogP contribution is -1.98. The van der Waals surface area contributed by atoms with Gasteiger partial charge in [0.05, 0.1) is 11.9 Å². The molecule has 0 atom stereocenters. The molecule has 0 saturated heterocycles. The van der Waals surface area contributed by atoms with Crippen molar-refractivity contribution in [1.82, 2.24) is 19.7 Å². The molecule has 4 aromatic rings. The van der Waals surface area contributed by atoms with Crippen molar-refractivity contribution in [3.63, 3.8) is 0 Å². The van der Waals surface area contributed by atoms with E-state index >= 15 is 0 Å². The van der Waals surface area contributed by atoms with E-state index in [1.54, 1.807) is 10.9 Å². The Morgan fingerprint density at radius 1 is 0.917 bits per heavy atom. The lowest BCUT2D eigenvalue weighted by Gasteiger charge is -2.08. The quantitative estimate of drug-likeness (QED) is 0.568. The third kappa shape index (κ3) is 2.60. The van der Waals surface area contributed by atoms with Gasteiger partial charge in [0.15, 0.2) is 5.65 Å². The lowest BCUT2D eigenvalue weighted by molar-refractivity contribution is 0.467. The molecule has 0 unspecified atom stereocenters. The summed E-state index contributed by atoms with van der Waals surface area (Å²) in [7, 11) is 0. The molecule has 0 bridgehead atoms. The van der Waals surface area contributed by atoms with Gasteiger partial charge in [-0.15, -0.1) is 0 Å². The van der Waals surface area contributed by atoms with Crippen molar-refractivity contribution in [2.75, 3.05) is 0 Å². The van der Waals surface area contributed by atoms with Crippen LogP contribution in [0.15, 0.2) is 61.1 Å². The standard InChI is InChI=1S/C19H16N4O/c1-13-8-14(2)10-16(9-13)24-19-17-11-22-23(18(17)20-12-21-19)15-6-4-3-5-7-15/h3-12H,1-2H3. The maximum atomic E-state index is 6.00. The second-order valence-corrected chi connectivity index (χ2v) is 5.73. The summed E-state index contributed by atoms with van der Waals surface area (Å²) in [5.74, 6) is 1.27. The number of fused-ring (bicyclic) bond motifs is 1. The van der Waals surface area contributed by atoms with Gasteiger partial charge in [-0.25, -0.2) is 14.6 Å². The number of nitrogens with zero attached hydrogens (tertiary/aromatic N) is 4. The highest BCUT2D eigenvalue weighted by Gasteiger charge is 2.13. The summed E-state index contributed by atoms with van der Waals surface area (Å²) >= 11 is 0. The maximum absolute atomic E-state index is 6.00. The molecule has 4 rings (SSSR count). The number of aryl methyl sites for hydroxylation is 2. The van der Waals surface area contributed by atoms with Gasteiger partial charge in [-0.1, -0.05) is 24.3 Å². The van der Waals surface area contributed by atoms with Gasteiger partial charge < -0.3 is 4.74 Å². The Balaban J connectivity index is 1.79. The van der Waals surface area contributed by atoms with E-state index in [9.17, 15) is 0 Å². The Labute approximate surface area is 139 Å². The van der Waals surface area contributed by atoms with Crippen LogP contribution >= 0.6 is 0 Å². The number of benzene rings is 2. The van der Waals surface area contributed by atoms with Crippen molar-refractivity contribution in [2.45, 2.75) is 13.8 Å². The lowest BCUT2D eigenvalue weighted by atomic mass is 10.1. The summed E-state index contributed by atoms with van der Waals surface area (Å²) in [6, 6.07) is 16.0. The molecule has 0 aliphatic rings. The van der Waals surface area contributed by atoms with Gasteiger partial charge in [0.1, 0.15) is 17.5 Å². The van der Waals surface area contributed by atoms with Crippen LogP contribution in [0.1, 0.15) is 11.1 Å². The molecule has 0 aliphatic heterocycles. The predicted octanol–water partition coefficient (Wildman–Crippen LogP) is 4.22. The maximum Gasteiger partial charge on any atom is 0.233 e. The second-order valence-electron chi connectivity index (χ2n) is 5.73. The third-order valence-electron chi connectivity index (χ3n) is 3.74. The van der Waals surface area contributed by atoms with Gasteiger partial charge in [-0.3, -0.25) is 0 Å². The fourth-order valence-corrected chi connectivity index (χ4v) is 2.77. The Morgan fingerprint density at radius 3 is 2.42 bits per heavy atom. The molecule has 0 N–H and O–H groups in total. The van der Waals surface area contributed by atoms with Gasteiger partial charge in [0.25, 0.3) is 0 Å². The molecular weight excluding hydrogens is 300 g/mol. The van der Waals surface area contributed by atoms with E-state index in [1.165, 1.54) is 6.33 Å². The number of para-hydroxylation sites is 1.